The molecule has 3 fully saturated rings. The largest absolute Gasteiger partial charge is 0.322 e. The molecule has 0 bridgehead atoms. The van der Waals surface area contributed by atoms with Crippen molar-refractivity contribution in [3.05, 3.63) is 34.6 Å². The summed E-state index contributed by atoms with van der Waals surface area (Å²) in [5.74, 6) is -1.32. The maximum Gasteiger partial charge on any atom is 0.255 e. The first kappa shape index (κ1) is 20.6. The van der Waals surface area contributed by atoms with Gasteiger partial charge in [0, 0.05) is 30.1 Å². The third-order valence-corrected chi connectivity index (χ3v) is 7.90. The number of imide groups is 1. The molecule has 7 heteroatoms. The fourth-order valence-electron chi connectivity index (χ4n) is 5.93. The van der Waals surface area contributed by atoms with Gasteiger partial charge in [-0.3, -0.25) is 24.6 Å². The number of halogens is 1. The number of carbonyl (C=O) groups excluding carboxylic acids is 3. The minimum Gasteiger partial charge on any atom is -0.322 e. The molecule has 1 aromatic carbocycles. The zero-order valence-corrected chi connectivity index (χ0v) is 18.2. The van der Waals surface area contributed by atoms with E-state index in [4.69, 9.17) is 0 Å². The smallest absolute Gasteiger partial charge is 0.255 e. The molecule has 1 saturated carbocycles. The Morgan fingerprint density at radius 2 is 1.87 bits per heavy atom. The van der Waals surface area contributed by atoms with Crippen molar-refractivity contribution in [2.75, 3.05) is 13.1 Å². The Morgan fingerprint density at radius 3 is 2.52 bits per heavy atom. The normalized spacial score (nSPS) is 29.0. The highest BCUT2D eigenvalue weighted by Gasteiger charge is 2.44. The minimum atomic E-state index is -0.720. The van der Waals surface area contributed by atoms with Crippen molar-refractivity contribution < 1.29 is 18.8 Å². The highest BCUT2D eigenvalue weighted by atomic mass is 19.1. The van der Waals surface area contributed by atoms with Gasteiger partial charge in [0.2, 0.25) is 11.8 Å². The number of carbonyl (C=O) groups is 3. The molecule has 31 heavy (non-hydrogen) atoms. The molecule has 0 radical (unpaired) electrons. The van der Waals surface area contributed by atoms with E-state index in [1.54, 1.807) is 12.1 Å². The Balaban J connectivity index is 1.39. The molecule has 1 N–H and O–H groups in total. The lowest BCUT2D eigenvalue weighted by molar-refractivity contribution is -0.136. The quantitative estimate of drug-likeness (QED) is 0.753. The van der Waals surface area contributed by atoms with Crippen LogP contribution in [-0.2, 0) is 16.1 Å². The van der Waals surface area contributed by atoms with Crippen LogP contribution in [-0.4, -0.2) is 52.7 Å². The molecule has 2 atom stereocenters. The Morgan fingerprint density at radius 1 is 1.10 bits per heavy atom. The lowest BCUT2D eigenvalue weighted by Crippen LogP contribution is -2.52. The molecule has 1 aromatic rings. The number of nitrogens with one attached hydrogen (secondary N) is 1. The van der Waals surface area contributed by atoms with E-state index < -0.39 is 11.9 Å². The monoisotopic (exact) mass is 427 g/mol. The second-order valence-corrected chi connectivity index (χ2v) is 10.3. The summed E-state index contributed by atoms with van der Waals surface area (Å²) in [5.41, 5.74) is 1.37. The van der Waals surface area contributed by atoms with Gasteiger partial charge in [-0.05, 0) is 55.2 Å². The second-order valence-electron chi connectivity index (χ2n) is 10.3. The lowest BCUT2D eigenvalue weighted by atomic mass is 9.69. The number of rotatable bonds is 3. The van der Waals surface area contributed by atoms with Crippen LogP contribution in [0, 0.1) is 11.2 Å². The number of piperidine rings is 2. The zero-order valence-electron chi connectivity index (χ0n) is 18.2. The Labute approximate surface area is 182 Å². The Kier molecular flexibility index (Phi) is 4.92. The van der Waals surface area contributed by atoms with Crippen LogP contribution in [0.4, 0.5) is 4.39 Å². The van der Waals surface area contributed by atoms with Crippen LogP contribution in [0.2, 0.25) is 0 Å². The van der Waals surface area contributed by atoms with Gasteiger partial charge in [-0.15, -0.1) is 0 Å². The number of amides is 3. The van der Waals surface area contributed by atoms with Crippen molar-refractivity contribution in [3.8, 4) is 0 Å². The summed E-state index contributed by atoms with van der Waals surface area (Å²) < 4.78 is 15.8. The topological polar surface area (TPSA) is 69.7 Å². The first-order valence-electron chi connectivity index (χ1n) is 11.5. The zero-order chi connectivity index (χ0) is 21.9. The highest BCUT2D eigenvalue weighted by Crippen LogP contribution is 2.46. The first-order valence-corrected chi connectivity index (χ1v) is 11.5. The predicted molar refractivity (Wildman–Crippen MR) is 113 cm³/mol. The molecule has 5 rings (SSSR count). The molecule has 2 unspecified atom stereocenters. The van der Waals surface area contributed by atoms with Crippen LogP contribution in [0.15, 0.2) is 12.1 Å². The number of fused-ring (bicyclic) bond motifs is 1. The summed E-state index contributed by atoms with van der Waals surface area (Å²) in [6, 6.07) is 3.48. The van der Waals surface area contributed by atoms with Gasteiger partial charge in [0.15, 0.2) is 0 Å². The SMILES string of the molecule is CC1(C)CN(C2CCC2)CCC1c1ccc2c(c1F)CN(C1CCC(=O)NC1=O)C2=O. The van der Waals surface area contributed by atoms with Gasteiger partial charge in [0.05, 0.1) is 6.54 Å². The number of hydrogen-bond acceptors (Lipinski definition) is 4. The number of likely N-dealkylation sites (tertiary alicyclic amines) is 1. The van der Waals surface area contributed by atoms with Gasteiger partial charge in [-0.2, -0.15) is 0 Å². The highest BCUT2D eigenvalue weighted by molar-refractivity contribution is 6.05. The molecule has 0 aromatic heterocycles. The van der Waals surface area contributed by atoms with Crippen molar-refractivity contribution in [2.24, 2.45) is 5.41 Å². The van der Waals surface area contributed by atoms with Crippen molar-refractivity contribution in [3.63, 3.8) is 0 Å². The molecule has 166 valence electrons. The van der Waals surface area contributed by atoms with E-state index in [1.165, 1.54) is 24.2 Å². The summed E-state index contributed by atoms with van der Waals surface area (Å²) >= 11 is 0. The summed E-state index contributed by atoms with van der Waals surface area (Å²) in [4.78, 5) is 40.6. The van der Waals surface area contributed by atoms with E-state index in [-0.39, 0.29) is 48.4 Å². The molecule has 6 nitrogen and oxygen atoms in total. The van der Waals surface area contributed by atoms with Gasteiger partial charge >= 0.3 is 0 Å². The van der Waals surface area contributed by atoms with Gasteiger partial charge in [0.1, 0.15) is 11.9 Å². The van der Waals surface area contributed by atoms with Crippen molar-refractivity contribution in [2.45, 2.75) is 76.9 Å². The van der Waals surface area contributed by atoms with Gasteiger partial charge in [-0.25, -0.2) is 4.39 Å². The molecule has 3 aliphatic heterocycles. The Hall–Kier alpha value is -2.28. The van der Waals surface area contributed by atoms with Gasteiger partial charge < -0.3 is 4.90 Å². The van der Waals surface area contributed by atoms with Gasteiger partial charge in [-0.1, -0.05) is 26.3 Å². The second kappa shape index (κ2) is 7.40. The average Bonchev–Trinajstić information content (AvgIpc) is 2.98. The summed E-state index contributed by atoms with van der Waals surface area (Å²) in [6.45, 7) is 6.46. The van der Waals surface area contributed by atoms with Crippen LogP contribution in [0.1, 0.15) is 79.8 Å². The van der Waals surface area contributed by atoms with Crippen LogP contribution in [0.25, 0.3) is 0 Å². The maximum absolute atomic E-state index is 15.8. The maximum atomic E-state index is 15.8. The third-order valence-electron chi connectivity index (χ3n) is 7.90. The van der Waals surface area contributed by atoms with E-state index in [0.717, 1.165) is 19.5 Å². The fraction of sp³-hybridized carbons (Fsp3) is 0.625. The summed E-state index contributed by atoms with van der Waals surface area (Å²) in [6.07, 6.45) is 5.23. The molecule has 3 amide bonds. The fourth-order valence-corrected chi connectivity index (χ4v) is 5.93. The Bertz CT molecular complexity index is 956. The summed E-state index contributed by atoms with van der Waals surface area (Å²) in [5, 5.41) is 2.29. The number of benzene rings is 1. The first-order chi connectivity index (χ1) is 14.8. The minimum absolute atomic E-state index is 0.0607. The molecular weight excluding hydrogens is 397 g/mol. The lowest BCUT2D eigenvalue weighted by Gasteiger charge is -2.49. The van der Waals surface area contributed by atoms with Crippen LogP contribution in [0.5, 0.6) is 0 Å². The average molecular weight is 428 g/mol. The van der Waals surface area contributed by atoms with Crippen LogP contribution < -0.4 is 5.32 Å². The molecule has 0 spiro atoms. The third kappa shape index (κ3) is 3.37. The van der Waals surface area contributed by atoms with E-state index >= 15 is 4.39 Å². The number of hydrogen-bond donors (Lipinski definition) is 1. The van der Waals surface area contributed by atoms with Gasteiger partial charge in [0.25, 0.3) is 5.91 Å². The van der Waals surface area contributed by atoms with E-state index in [9.17, 15) is 14.4 Å². The van der Waals surface area contributed by atoms with Crippen molar-refractivity contribution >= 4 is 17.7 Å². The molecule has 4 aliphatic rings. The standard InChI is InChI=1S/C24H30FN3O3/c1-24(2)13-27(14-4-3-5-14)11-10-18(24)16-7-6-15-17(21(16)25)12-28(23(15)31)19-8-9-20(29)26-22(19)30/h6-7,14,18-19H,3-5,8-13H2,1-2H3,(H,26,29,30). The van der Waals surface area contributed by atoms with Crippen molar-refractivity contribution in [1.82, 2.24) is 15.1 Å². The molecule has 2 saturated heterocycles. The molecule has 3 heterocycles. The van der Waals surface area contributed by atoms with E-state index in [0.29, 0.717) is 22.7 Å². The van der Waals surface area contributed by atoms with E-state index in [1.807, 2.05) is 0 Å². The van der Waals surface area contributed by atoms with E-state index in [2.05, 4.69) is 24.1 Å². The number of nitrogens with zero attached hydrogens (tertiary/aromatic N) is 2. The van der Waals surface area contributed by atoms with Crippen molar-refractivity contribution in [1.29, 1.82) is 0 Å². The summed E-state index contributed by atoms with van der Waals surface area (Å²) in [7, 11) is 0. The van der Waals surface area contributed by atoms with Crippen LogP contribution in [0.3, 0.4) is 0 Å². The molecule has 1 aliphatic carbocycles. The molecular formula is C24H30FN3O3. The van der Waals surface area contributed by atoms with Crippen LogP contribution >= 0.6 is 0 Å². The predicted octanol–water partition coefficient (Wildman–Crippen LogP) is 2.95.